The number of carbonyl (C=O) groups excluding carboxylic acids is 2. The van der Waals surface area contributed by atoms with Gasteiger partial charge in [-0.2, -0.15) is 0 Å². The van der Waals surface area contributed by atoms with Crippen LogP contribution in [0, 0.1) is 11.6 Å². The summed E-state index contributed by atoms with van der Waals surface area (Å²) < 4.78 is 36.7. The molecule has 0 unspecified atom stereocenters. The van der Waals surface area contributed by atoms with Crippen LogP contribution in [0.15, 0.2) is 42.5 Å². The molecule has 0 spiro atoms. The highest BCUT2D eigenvalue weighted by atomic mass is 19.1. The van der Waals surface area contributed by atoms with Crippen molar-refractivity contribution in [3.8, 4) is 5.75 Å². The number of hydrogen-bond donors (Lipinski definition) is 0. The lowest BCUT2D eigenvalue weighted by Gasteiger charge is -2.36. The molecule has 0 saturated carbocycles. The first-order valence-electron chi connectivity index (χ1n) is 8.77. The summed E-state index contributed by atoms with van der Waals surface area (Å²) in [6, 6.07) is 10.2. The SMILES string of the molecule is COc1ccccc1N1CCN(C(=O)COC(=O)c2ccc(F)cc2F)CC1. The van der Waals surface area contributed by atoms with Crippen molar-refractivity contribution in [2.45, 2.75) is 0 Å². The van der Waals surface area contributed by atoms with Gasteiger partial charge in [0.15, 0.2) is 6.61 Å². The van der Waals surface area contributed by atoms with E-state index in [1.807, 2.05) is 24.3 Å². The van der Waals surface area contributed by atoms with Crippen LogP contribution in [-0.2, 0) is 9.53 Å². The maximum atomic E-state index is 13.6. The second-order valence-electron chi connectivity index (χ2n) is 6.24. The van der Waals surface area contributed by atoms with Crippen molar-refractivity contribution >= 4 is 17.6 Å². The monoisotopic (exact) mass is 390 g/mol. The molecule has 1 amide bonds. The van der Waals surface area contributed by atoms with Crippen LogP contribution in [-0.4, -0.2) is 56.7 Å². The quantitative estimate of drug-likeness (QED) is 0.735. The highest BCUT2D eigenvalue weighted by Gasteiger charge is 2.24. The van der Waals surface area contributed by atoms with Crippen LogP contribution in [0.2, 0.25) is 0 Å². The van der Waals surface area contributed by atoms with Crippen molar-refractivity contribution in [3.63, 3.8) is 0 Å². The van der Waals surface area contributed by atoms with Gasteiger partial charge >= 0.3 is 5.97 Å². The summed E-state index contributed by atoms with van der Waals surface area (Å²) in [5, 5.41) is 0. The summed E-state index contributed by atoms with van der Waals surface area (Å²) in [5.41, 5.74) is 0.547. The van der Waals surface area contributed by atoms with E-state index in [1.165, 1.54) is 0 Å². The zero-order chi connectivity index (χ0) is 20.1. The Hall–Kier alpha value is -3.16. The van der Waals surface area contributed by atoms with Gasteiger partial charge in [0.05, 0.1) is 18.4 Å². The van der Waals surface area contributed by atoms with E-state index in [0.717, 1.165) is 23.6 Å². The molecular weight excluding hydrogens is 370 g/mol. The topological polar surface area (TPSA) is 59.1 Å². The number of amides is 1. The van der Waals surface area contributed by atoms with E-state index in [9.17, 15) is 18.4 Å². The highest BCUT2D eigenvalue weighted by molar-refractivity contribution is 5.91. The van der Waals surface area contributed by atoms with E-state index in [0.29, 0.717) is 32.2 Å². The molecule has 0 aliphatic carbocycles. The van der Waals surface area contributed by atoms with E-state index in [4.69, 9.17) is 9.47 Å². The number of nitrogens with zero attached hydrogens (tertiary/aromatic N) is 2. The minimum Gasteiger partial charge on any atom is -0.495 e. The lowest BCUT2D eigenvalue weighted by molar-refractivity contribution is -0.134. The van der Waals surface area contributed by atoms with Crippen LogP contribution < -0.4 is 9.64 Å². The zero-order valence-electron chi connectivity index (χ0n) is 15.4. The molecule has 28 heavy (non-hydrogen) atoms. The van der Waals surface area contributed by atoms with E-state index >= 15 is 0 Å². The normalized spacial score (nSPS) is 14.0. The molecule has 8 heteroatoms. The Bertz CT molecular complexity index is 867. The fourth-order valence-electron chi connectivity index (χ4n) is 3.04. The number of methoxy groups -OCH3 is 1. The second-order valence-corrected chi connectivity index (χ2v) is 6.24. The molecule has 1 saturated heterocycles. The number of hydrogen-bond acceptors (Lipinski definition) is 5. The number of carbonyl (C=O) groups is 2. The van der Waals surface area contributed by atoms with Gasteiger partial charge in [0.25, 0.3) is 5.91 Å². The third-order valence-corrected chi connectivity index (χ3v) is 4.54. The summed E-state index contributed by atoms with van der Waals surface area (Å²) in [6.45, 7) is 1.63. The molecular formula is C20H20F2N2O4. The van der Waals surface area contributed by atoms with Gasteiger partial charge in [-0.15, -0.1) is 0 Å². The average molecular weight is 390 g/mol. The molecule has 3 rings (SSSR count). The number of anilines is 1. The van der Waals surface area contributed by atoms with Crippen LogP contribution in [0.5, 0.6) is 5.75 Å². The summed E-state index contributed by atoms with van der Waals surface area (Å²) in [6.07, 6.45) is 0. The lowest BCUT2D eigenvalue weighted by atomic mass is 10.2. The van der Waals surface area contributed by atoms with Crippen LogP contribution in [0.25, 0.3) is 0 Å². The van der Waals surface area contributed by atoms with Crippen molar-refractivity contribution < 1.29 is 27.8 Å². The highest BCUT2D eigenvalue weighted by Crippen LogP contribution is 2.28. The maximum Gasteiger partial charge on any atom is 0.341 e. The molecule has 148 valence electrons. The van der Waals surface area contributed by atoms with E-state index in [-0.39, 0.29) is 5.91 Å². The molecule has 0 aromatic heterocycles. The summed E-state index contributed by atoms with van der Waals surface area (Å²) in [4.78, 5) is 27.9. The number of piperazine rings is 1. The predicted octanol–water partition coefficient (Wildman–Crippen LogP) is 2.48. The van der Waals surface area contributed by atoms with Gasteiger partial charge in [-0.3, -0.25) is 4.79 Å². The Kier molecular flexibility index (Phi) is 6.08. The number of rotatable bonds is 5. The van der Waals surface area contributed by atoms with Gasteiger partial charge < -0.3 is 19.3 Å². The molecule has 2 aromatic rings. The minimum absolute atomic E-state index is 0.365. The van der Waals surface area contributed by atoms with Gasteiger partial charge in [-0.1, -0.05) is 12.1 Å². The first kappa shape index (κ1) is 19.6. The number of halogens is 2. The fourth-order valence-corrected chi connectivity index (χ4v) is 3.04. The number of benzene rings is 2. The molecule has 1 fully saturated rings. The van der Waals surface area contributed by atoms with Gasteiger partial charge in [-0.25, -0.2) is 13.6 Å². The van der Waals surface area contributed by atoms with Gasteiger partial charge in [0, 0.05) is 32.2 Å². The predicted molar refractivity (Wildman–Crippen MR) is 98.4 cm³/mol. The van der Waals surface area contributed by atoms with E-state index < -0.39 is 29.8 Å². The van der Waals surface area contributed by atoms with E-state index in [1.54, 1.807) is 12.0 Å². The average Bonchev–Trinajstić information content (AvgIpc) is 2.72. The molecule has 6 nitrogen and oxygen atoms in total. The van der Waals surface area contributed by atoms with Gasteiger partial charge in [0.2, 0.25) is 0 Å². The van der Waals surface area contributed by atoms with Crippen molar-refractivity contribution in [2.75, 3.05) is 44.8 Å². The minimum atomic E-state index is -1.03. The number of para-hydroxylation sites is 2. The molecule has 0 atom stereocenters. The van der Waals surface area contributed by atoms with Gasteiger partial charge in [-0.05, 0) is 24.3 Å². The number of ether oxygens (including phenoxy) is 2. The van der Waals surface area contributed by atoms with Crippen molar-refractivity contribution in [3.05, 3.63) is 59.7 Å². The molecule has 0 radical (unpaired) electrons. The maximum absolute atomic E-state index is 13.6. The third-order valence-electron chi connectivity index (χ3n) is 4.54. The molecule has 2 aromatic carbocycles. The molecule has 1 aliphatic heterocycles. The first-order valence-corrected chi connectivity index (χ1v) is 8.77. The summed E-state index contributed by atoms with van der Waals surface area (Å²) in [5.74, 6) is -2.42. The van der Waals surface area contributed by atoms with Crippen molar-refractivity contribution in [1.29, 1.82) is 0 Å². The molecule has 0 bridgehead atoms. The second kappa shape index (κ2) is 8.69. The van der Waals surface area contributed by atoms with Crippen LogP contribution in [0.4, 0.5) is 14.5 Å². The van der Waals surface area contributed by atoms with Crippen LogP contribution >= 0.6 is 0 Å². The summed E-state index contributed by atoms with van der Waals surface area (Å²) in [7, 11) is 1.61. The Morgan fingerprint density at radius 1 is 1.04 bits per heavy atom. The Balaban J connectivity index is 1.52. The van der Waals surface area contributed by atoms with Crippen LogP contribution in [0.3, 0.4) is 0 Å². The molecule has 1 heterocycles. The number of esters is 1. The standard InChI is InChI=1S/C20H20F2N2O4/c1-27-18-5-3-2-4-17(18)23-8-10-24(11-9-23)19(25)13-28-20(26)15-7-6-14(21)12-16(15)22/h2-7,12H,8-11,13H2,1H3. The summed E-state index contributed by atoms with van der Waals surface area (Å²) >= 11 is 0. The van der Waals surface area contributed by atoms with Crippen molar-refractivity contribution in [2.24, 2.45) is 0 Å². The van der Waals surface area contributed by atoms with Crippen molar-refractivity contribution in [1.82, 2.24) is 4.90 Å². The van der Waals surface area contributed by atoms with Gasteiger partial charge in [0.1, 0.15) is 17.4 Å². The first-order chi connectivity index (χ1) is 13.5. The molecule has 1 aliphatic rings. The lowest BCUT2D eigenvalue weighted by Crippen LogP contribution is -2.50. The Morgan fingerprint density at radius 2 is 1.75 bits per heavy atom. The fraction of sp³-hybridized carbons (Fsp3) is 0.300. The third kappa shape index (κ3) is 4.39. The smallest absolute Gasteiger partial charge is 0.341 e. The zero-order valence-corrected chi connectivity index (χ0v) is 15.4. The Morgan fingerprint density at radius 3 is 2.43 bits per heavy atom. The Labute approximate surface area is 161 Å². The largest absolute Gasteiger partial charge is 0.495 e. The van der Waals surface area contributed by atoms with Crippen LogP contribution in [0.1, 0.15) is 10.4 Å². The molecule has 0 N–H and O–H groups in total. The van der Waals surface area contributed by atoms with E-state index in [2.05, 4.69) is 4.90 Å².